The van der Waals surface area contributed by atoms with Crippen molar-refractivity contribution in [1.29, 1.82) is 0 Å². The number of nitrogens with zero attached hydrogens (tertiary/aromatic N) is 2. The molecule has 27 heavy (non-hydrogen) atoms. The minimum absolute atomic E-state index is 0.116. The molecule has 2 aromatic rings. The van der Waals surface area contributed by atoms with Crippen molar-refractivity contribution in [3.8, 4) is 0 Å². The number of benzene rings is 2. The lowest BCUT2D eigenvalue weighted by Crippen LogP contribution is -2.40. The predicted molar refractivity (Wildman–Crippen MR) is 103 cm³/mol. The van der Waals surface area contributed by atoms with Crippen molar-refractivity contribution in [2.45, 2.75) is 11.3 Å². The molecule has 0 aliphatic carbocycles. The second kappa shape index (κ2) is 7.24. The van der Waals surface area contributed by atoms with Crippen molar-refractivity contribution in [1.82, 2.24) is 4.31 Å². The van der Waals surface area contributed by atoms with Crippen LogP contribution in [0.15, 0.2) is 47.4 Å². The Kier molecular flexibility index (Phi) is 4.94. The van der Waals surface area contributed by atoms with Crippen LogP contribution in [0.1, 0.15) is 15.9 Å². The monoisotopic (exact) mass is 406 g/mol. The molecule has 142 valence electrons. The molecule has 0 aromatic heterocycles. The molecule has 0 N–H and O–H groups in total. The Bertz CT molecular complexity index is 970. The number of carbonyl (C=O) groups excluding carboxylic acids is 1. The van der Waals surface area contributed by atoms with E-state index in [0.29, 0.717) is 49.9 Å². The minimum atomic E-state index is -3.54. The molecule has 0 atom stereocenters. The summed E-state index contributed by atoms with van der Waals surface area (Å²) in [6.07, 6.45) is 0.626. The number of halogens is 1. The Balaban J connectivity index is 1.60. The number of hydrogen-bond acceptors (Lipinski definition) is 4. The van der Waals surface area contributed by atoms with Gasteiger partial charge in [-0.3, -0.25) is 4.79 Å². The number of rotatable bonds is 3. The first-order chi connectivity index (χ1) is 13.0. The van der Waals surface area contributed by atoms with E-state index in [1.807, 2.05) is 0 Å². The van der Waals surface area contributed by atoms with Gasteiger partial charge in [0.25, 0.3) is 5.91 Å². The molecule has 0 radical (unpaired) electrons. The lowest BCUT2D eigenvalue weighted by atomic mass is 10.1. The third kappa shape index (κ3) is 3.48. The largest absolute Gasteiger partial charge is 0.379 e. The van der Waals surface area contributed by atoms with Crippen LogP contribution in [-0.2, 0) is 21.2 Å². The summed E-state index contributed by atoms with van der Waals surface area (Å²) in [5.41, 5.74) is 2.18. The molecular weight excluding hydrogens is 388 g/mol. The molecule has 2 aliphatic heterocycles. The molecular formula is C19H19ClN2O4S. The Labute approximate surface area is 163 Å². The van der Waals surface area contributed by atoms with Crippen LogP contribution in [0.3, 0.4) is 0 Å². The van der Waals surface area contributed by atoms with E-state index in [0.717, 1.165) is 11.3 Å². The van der Waals surface area contributed by atoms with Gasteiger partial charge in [0.05, 0.1) is 18.1 Å². The summed E-state index contributed by atoms with van der Waals surface area (Å²) in [7, 11) is -3.54. The highest BCUT2D eigenvalue weighted by molar-refractivity contribution is 7.89. The summed E-state index contributed by atoms with van der Waals surface area (Å²) in [5, 5.41) is 0.575. The highest BCUT2D eigenvalue weighted by Crippen LogP contribution is 2.32. The number of hydrogen-bond donors (Lipinski definition) is 0. The van der Waals surface area contributed by atoms with Gasteiger partial charge in [0.15, 0.2) is 0 Å². The van der Waals surface area contributed by atoms with Gasteiger partial charge in [-0.15, -0.1) is 0 Å². The SMILES string of the molecule is O=C(c1ccc(Cl)cc1)N1CCc2cc(S(=O)(=O)N3CCOCC3)ccc21. The van der Waals surface area contributed by atoms with Crippen molar-refractivity contribution in [3.05, 3.63) is 58.6 Å². The summed E-state index contributed by atoms with van der Waals surface area (Å²) in [6.45, 7) is 2.07. The normalized spacial score (nSPS) is 17.7. The number of fused-ring (bicyclic) bond motifs is 1. The fourth-order valence-corrected chi connectivity index (χ4v) is 5.02. The van der Waals surface area contributed by atoms with Crippen molar-refractivity contribution in [3.63, 3.8) is 0 Å². The van der Waals surface area contributed by atoms with E-state index >= 15 is 0 Å². The van der Waals surface area contributed by atoms with Gasteiger partial charge in [-0.1, -0.05) is 11.6 Å². The lowest BCUT2D eigenvalue weighted by molar-refractivity contribution is 0.0730. The maximum absolute atomic E-state index is 12.8. The van der Waals surface area contributed by atoms with E-state index in [9.17, 15) is 13.2 Å². The quantitative estimate of drug-likeness (QED) is 0.785. The maximum atomic E-state index is 12.8. The molecule has 0 saturated carbocycles. The first-order valence-electron chi connectivity index (χ1n) is 8.75. The third-order valence-corrected chi connectivity index (χ3v) is 7.04. The number of morpholine rings is 1. The minimum Gasteiger partial charge on any atom is -0.379 e. The van der Waals surface area contributed by atoms with Gasteiger partial charge in [-0.05, 0) is 54.4 Å². The molecule has 1 saturated heterocycles. The molecule has 0 spiro atoms. The van der Waals surface area contributed by atoms with Crippen LogP contribution in [0.4, 0.5) is 5.69 Å². The van der Waals surface area contributed by atoms with Crippen molar-refractivity contribution >= 4 is 33.2 Å². The summed E-state index contributed by atoms with van der Waals surface area (Å²) in [5.74, 6) is -0.116. The lowest BCUT2D eigenvalue weighted by Gasteiger charge is -2.26. The van der Waals surface area contributed by atoms with E-state index in [-0.39, 0.29) is 10.8 Å². The van der Waals surface area contributed by atoms with E-state index in [2.05, 4.69) is 0 Å². The Morgan fingerprint density at radius 3 is 2.41 bits per heavy atom. The van der Waals surface area contributed by atoms with Crippen LogP contribution >= 0.6 is 11.6 Å². The van der Waals surface area contributed by atoms with Crippen molar-refractivity contribution < 1.29 is 17.9 Å². The van der Waals surface area contributed by atoms with Crippen LogP contribution in [0.2, 0.25) is 5.02 Å². The number of anilines is 1. The van der Waals surface area contributed by atoms with E-state index < -0.39 is 10.0 Å². The van der Waals surface area contributed by atoms with Gasteiger partial charge < -0.3 is 9.64 Å². The average molecular weight is 407 g/mol. The van der Waals surface area contributed by atoms with Gasteiger partial charge in [0, 0.05) is 35.9 Å². The summed E-state index contributed by atoms with van der Waals surface area (Å²) >= 11 is 5.89. The maximum Gasteiger partial charge on any atom is 0.258 e. The molecule has 1 amide bonds. The Morgan fingerprint density at radius 2 is 1.70 bits per heavy atom. The molecule has 0 bridgehead atoms. The van der Waals surface area contributed by atoms with Gasteiger partial charge in [0.2, 0.25) is 10.0 Å². The third-order valence-electron chi connectivity index (χ3n) is 4.89. The van der Waals surface area contributed by atoms with E-state index in [1.54, 1.807) is 47.4 Å². The molecule has 4 rings (SSSR count). The predicted octanol–water partition coefficient (Wildman–Crippen LogP) is 2.56. The first-order valence-corrected chi connectivity index (χ1v) is 10.6. The fraction of sp³-hybridized carbons (Fsp3) is 0.316. The van der Waals surface area contributed by atoms with E-state index in [1.165, 1.54) is 4.31 Å². The zero-order valence-electron chi connectivity index (χ0n) is 14.6. The zero-order chi connectivity index (χ0) is 19.0. The topological polar surface area (TPSA) is 66.9 Å². The van der Waals surface area contributed by atoms with Gasteiger partial charge in [-0.25, -0.2) is 8.42 Å². The zero-order valence-corrected chi connectivity index (χ0v) is 16.2. The Morgan fingerprint density at radius 1 is 1.00 bits per heavy atom. The molecule has 8 heteroatoms. The van der Waals surface area contributed by atoms with Gasteiger partial charge in [-0.2, -0.15) is 4.31 Å². The molecule has 0 unspecified atom stereocenters. The van der Waals surface area contributed by atoms with Crippen molar-refractivity contribution in [2.24, 2.45) is 0 Å². The smallest absolute Gasteiger partial charge is 0.258 e. The van der Waals surface area contributed by atoms with Crippen LogP contribution in [0, 0.1) is 0 Å². The highest BCUT2D eigenvalue weighted by Gasteiger charge is 2.30. The van der Waals surface area contributed by atoms with Gasteiger partial charge >= 0.3 is 0 Å². The standard InChI is InChI=1S/C19H19ClN2O4S/c20-16-3-1-14(2-4-16)19(23)22-8-7-15-13-17(5-6-18(15)22)27(24,25)21-9-11-26-12-10-21/h1-6,13H,7-12H2. The van der Waals surface area contributed by atoms with Crippen molar-refractivity contribution in [2.75, 3.05) is 37.7 Å². The number of carbonyl (C=O) groups is 1. The summed E-state index contributed by atoms with van der Waals surface area (Å²) < 4.78 is 32.4. The average Bonchev–Trinajstić information content (AvgIpc) is 3.12. The highest BCUT2D eigenvalue weighted by atomic mass is 35.5. The number of amides is 1. The molecule has 2 aromatic carbocycles. The second-order valence-corrected chi connectivity index (χ2v) is 8.90. The van der Waals surface area contributed by atoms with Crippen LogP contribution in [0.5, 0.6) is 0 Å². The van der Waals surface area contributed by atoms with Crippen LogP contribution < -0.4 is 4.90 Å². The summed E-state index contributed by atoms with van der Waals surface area (Å²) in [6, 6.07) is 11.8. The molecule has 2 aliphatic rings. The molecule has 1 fully saturated rings. The van der Waals surface area contributed by atoms with Crippen LogP contribution in [-0.4, -0.2) is 51.5 Å². The first kappa shape index (κ1) is 18.4. The summed E-state index contributed by atoms with van der Waals surface area (Å²) in [4.78, 5) is 14.7. The number of ether oxygens (including phenoxy) is 1. The second-order valence-electron chi connectivity index (χ2n) is 6.52. The van der Waals surface area contributed by atoms with E-state index in [4.69, 9.17) is 16.3 Å². The fourth-order valence-electron chi connectivity index (χ4n) is 3.43. The molecule has 6 nitrogen and oxygen atoms in total. The van der Waals surface area contributed by atoms with Crippen LogP contribution in [0.25, 0.3) is 0 Å². The van der Waals surface area contributed by atoms with Gasteiger partial charge in [0.1, 0.15) is 0 Å². The number of sulfonamides is 1. The Hall–Kier alpha value is -1.93. The molecule has 2 heterocycles.